The largest absolute Gasteiger partial charge is 0.399 e. The molecule has 0 unspecified atom stereocenters. The highest BCUT2D eigenvalue weighted by Gasteiger charge is 2.07. The third-order valence-corrected chi connectivity index (χ3v) is 4.65. The Morgan fingerprint density at radius 3 is 2.44 bits per heavy atom. The van der Waals surface area contributed by atoms with Gasteiger partial charge in [0.1, 0.15) is 0 Å². The molecule has 0 fully saturated rings. The van der Waals surface area contributed by atoms with Crippen molar-refractivity contribution in [1.82, 2.24) is 0 Å². The zero-order valence-electron chi connectivity index (χ0n) is 9.34. The Morgan fingerprint density at radius 1 is 1.22 bits per heavy atom. The Bertz CT molecular complexity index is 534. The first kappa shape index (κ1) is 14.0. The number of anilines is 2. The van der Waals surface area contributed by atoms with E-state index in [0.717, 1.165) is 22.4 Å². The van der Waals surface area contributed by atoms with Crippen LogP contribution in [0.4, 0.5) is 11.4 Å². The van der Waals surface area contributed by atoms with Gasteiger partial charge in [-0.25, -0.2) is 0 Å². The molecular formula is C12H11BrCl2N2S. The van der Waals surface area contributed by atoms with Crippen LogP contribution in [0.1, 0.15) is 4.88 Å². The Hall–Kier alpha value is -0.420. The Labute approximate surface area is 128 Å². The van der Waals surface area contributed by atoms with Crippen molar-refractivity contribution >= 4 is 61.8 Å². The van der Waals surface area contributed by atoms with Gasteiger partial charge >= 0.3 is 0 Å². The fraction of sp³-hybridized carbons (Fsp3) is 0.167. The molecule has 0 saturated heterocycles. The molecule has 0 aliphatic heterocycles. The van der Waals surface area contributed by atoms with Crippen LogP contribution in [0.25, 0.3) is 0 Å². The second-order valence-electron chi connectivity index (χ2n) is 3.74. The van der Waals surface area contributed by atoms with Gasteiger partial charge in [0.05, 0.1) is 19.5 Å². The predicted molar refractivity (Wildman–Crippen MR) is 85.1 cm³/mol. The van der Waals surface area contributed by atoms with E-state index in [1.807, 2.05) is 6.07 Å². The molecule has 2 nitrogen and oxygen atoms in total. The van der Waals surface area contributed by atoms with E-state index in [-0.39, 0.29) is 0 Å². The molecule has 0 spiro atoms. The van der Waals surface area contributed by atoms with E-state index >= 15 is 0 Å². The zero-order chi connectivity index (χ0) is 13.1. The van der Waals surface area contributed by atoms with E-state index in [2.05, 4.69) is 27.3 Å². The summed E-state index contributed by atoms with van der Waals surface area (Å²) >= 11 is 17.3. The van der Waals surface area contributed by atoms with E-state index in [0.29, 0.717) is 15.7 Å². The SMILES string of the molecule is Nc1cc(Cl)c(NCCc2ccc(Br)s2)c(Cl)c1. The van der Waals surface area contributed by atoms with Gasteiger partial charge in [0.25, 0.3) is 0 Å². The minimum absolute atomic E-state index is 0.548. The lowest BCUT2D eigenvalue weighted by molar-refractivity contribution is 1.04. The van der Waals surface area contributed by atoms with Crippen molar-refractivity contribution in [2.24, 2.45) is 0 Å². The number of nitrogens with one attached hydrogen (secondary N) is 1. The highest BCUT2D eigenvalue weighted by molar-refractivity contribution is 9.11. The molecule has 0 bridgehead atoms. The molecule has 1 aromatic carbocycles. The van der Waals surface area contributed by atoms with Crippen LogP contribution in [-0.4, -0.2) is 6.54 Å². The van der Waals surface area contributed by atoms with Gasteiger partial charge in [0, 0.05) is 17.1 Å². The first-order valence-electron chi connectivity index (χ1n) is 5.29. The topological polar surface area (TPSA) is 38.0 Å². The van der Waals surface area contributed by atoms with Crippen LogP contribution in [0.2, 0.25) is 10.0 Å². The van der Waals surface area contributed by atoms with Crippen molar-refractivity contribution < 1.29 is 0 Å². The number of nitrogens with two attached hydrogens (primary N) is 1. The molecule has 0 aliphatic carbocycles. The monoisotopic (exact) mass is 364 g/mol. The van der Waals surface area contributed by atoms with Gasteiger partial charge in [-0.1, -0.05) is 23.2 Å². The smallest absolute Gasteiger partial charge is 0.0720 e. The third kappa shape index (κ3) is 3.54. The number of hydrogen-bond acceptors (Lipinski definition) is 3. The molecule has 3 N–H and O–H groups in total. The highest BCUT2D eigenvalue weighted by atomic mass is 79.9. The van der Waals surface area contributed by atoms with Gasteiger partial charge in [0.2, 0.25) is 0 Å². The second-order valence-corrected chi connectivity index (χ2v) is 7.10. The summed E-state index contributed by atoms with van der Waals surface area (Å²) in [5.74, 6) is 0. The molecule has 2 rings (SSSR count). The number of nitrogen functional groups attached to an aromatic ring is 1. The summed E-state index contributed by atoms with van der Waals surface area (Å²) in [5, 5.41) is 4.34. The molecule has 96 valence electrons. The molecule has 1 heterocycles. The van der Waals surface area contributed by atoms with Gasteiger partial charge in [-0.15, -0.1) is 11.3 Å². The van der Waals surface area contributed by atoms with Crippen LogP contribution in [0, 0.1) is 0 Å². The summed E-state index contributed by atoms with van der Waals surface area (Å²) in [7, 11) is 0. The molecule has 6 heteroatoms. The lowest BCUT2D eigenvalue weighted by Gasteiger charge is -2.10. The average Bonchev–Trinajstić information content (AvgIpc) is 2.68. The number of benzene rings is 1. The molecule has 0 amide bonds. The van der Waals surface area contributed by atoms with Crippen molar-refractivity contribution in [3.63, 3.8) is 0 Å². The summed E-state index contributed by atoms with van der Waals surface area (Å²) in [5.41, 5.74) is 6.96. The van der Waals surface area contributed by atoms with Crippen LogP contribution in [0.5, 0.6) is 0 Å². The normalized spacial score (nSPS) is 10.6. The van der Waals surface area contributed by atoms with Crippen molar-refractivity contribution in [1.29, 1.82) is 0 Å². The van der Waals surface area contributed by atoms with E-state index < -0.39 is 0 Å². The van der Waals surface area contributed by atoms with E-state index in [1.165, 1.54) is 4.88 Å². The zero-order valence-corrected chi connectivity index (χ0v) is 13.3. The maximum atomic E-state index is 6.09. The minimum Gasteiger partial charge on any atom is -0.399 e. The van der Waals surface area contributed by atoms with Crippen LogP contribution >= 0.6 is 50.5 Å². The van der Waals surface area contributed by atoms with Gasteiger partial charge in [0.15, 0.2) is 0 Å². The summed E-state index contributed by atoms with van der Waals surface area (Å²) in [4.78, 5) is 1.30. The van der Waals surface area contributed by atoms with Crippen LogP contribution in [0.15, 0.2) is 28.1 Å². The summed E-state index contributed by atoms with van der Waals surface area (Å²) in [6.45, 7) is 0.774. The maximum Gasteiger partial charge on any atom is 0.0720 e. The number of thiophene rings is 1. The fourth-order valence-corrected chi connectivity index (χ4v) is 3.68. The first-order chi connectivity index (χ1) is 8.56. The molecule has 0 atom stereocenters. The minimum atomic E-state index is 0.548. The predicted octanol–water partition coefficient (Wildman–Crippen LogP) is 5.05. The molecule has 1 aromatic heterocycles. The van der Waals surface area contributed by atoms with Crippen molar-refractivity contribution in [2.75, 3.05) is 17.6 Å². The lowest BCUT2D eigenvalue weighted by atomic mass is 10.2. The van der Waals surface area contributed by atoms with Crippen molar-refractivity contribution in [3.05, 3.63) is 43.0 Å². The van der Waals surface area contributed by atoms with Gasteiger partial charge in [-0.2, -0.15) is 0 Å². The Morgan fingerprint density at radius 2 is 1.89 bits per heavy atom. The van der Waals surface area contributed by atoms with Gasteiger partial charge in [-0.3, -0.25) is 0 Å². The van der Waals surface area contributed by atoms with Gasteiger partial charge < -0.3 is 11.1 Å². The van der Waals surface area contributed by atoms with Crippen molar-refractivity contribution in [3.8, 4) is 0 Å². The Kier molecular flexibility index (Phi) is 4.78. The molecular weight excluding hydrogens is 355 g/mol. The summed E-state index contributed by atoms with van der Waals surface area (Å²) < 4.78 is 1.14. The number of hydrogen-bond donors (Lipinski definition) is 2. The summed E-state index contributed by atoms with van der Waals surface area (Å²) in [6.07, 6.45) is 0.924. The van der Waals surface area contributed by atoms with E-state index in [9.17, 15) is 0 Å². The van der Waals surface area contributed by atoms with Crippen LogP contribution in [0.3, 0.4) is 0 Å². The van der Waals surface area contributed by atoms with Gasteiger partial charge in [-0.05, 0) is 46.6 Å². The van der Waals surface area contributed by atoms with E-state index in [1.54, 1.807) is 23.5 Å². The molecule has 0 saturated carbocycles. The standard InChI is InChI=1S/C12H11BrCl2N2S/c13-11-2-1-8(18-11)3-4-17-12-9(14)5-7(16)6-10(12)15/h1-2,5-6,17H,3-4,16H2. The Balaban J connectivity index is 1.98. The molecule has 0 aliphatic rings. The van der Waals surface area contributed by atoms with Crippen molar-refractivity contribution in [2.45, 2.75) is 6.42 Å². The maximum absolute atomic E-state index is 6.09. The third-order valence-electron chi connectivity index (χ3n) is 2.37. The molecule has 2 aromatic rings. The first-order valence-corrected chi connectivity index (χ1v) is 7.65. The van der Waals surface area contributed by atoms with Crippen LogP contribution in [-0.2, 0) is 6.42 Å². The quantitative estimate of drug-likeness (QED) is 0.743. The lowest BCUT2D eigenvalue weighted by Crippen LogP contribution is -2.05. The summed E-state index contributed by atoms with van der Waals surface area (Å²) in [6, 6.07) is 7.53. The average molecular weight is 366 g/mol. The fourth-order valence-electron chi connectivity index (χ4n) is 1.56. The molecule has 18 heavy (non-hydrogen) atoms. The van der Waals surface area contributed by atoms with E-state index in [4.69, 9.17) is 28.9 Å². The van der Waals surface area contributed by atoms with Crippen LogP contribution < -0.4 is 11.1 Å². The number of halogens is 3. The number of rotatable bonds is 4. The second kappa shape index (κ2) is 6.15. The molecule has 0 radical (unpaired) electrons. The highest BCUT2D eigenvalue weighted by Crippen LogP contribution is 2.32.